The average Bonchev–Trinajstić information content (AvgIpc) is 3.19. The Morgan fingerprint density at radius 2 is 2.03 bits per heavy atom. The van der Waals surface area contributed by atoms with E-state index >= 15 is 0 Å². The second-order valence-corrected chi connectivity index (χ2v) is 7.40. The highest BCUT2D eigenvalue weighted by atomic mass is 32.1. The van der Waals surface area contributed by atoms with Gasteiger partial charge in [-0.15, -0.1) is 11.3 Å². The van der Waals surface area contributed by atoms with E-state index in [1.165, 1.54) is 16.0 Å². The summed E-state index contributed by atoms with van der Waals surface area (Å²) in [7, 11) is 3.31. The molecule has 0 aliphatic carbocycles. The van der Waals surface area contributed by atoms with Crippen molar-refractivity contribution < 1.29 is 9.53 Å². The summed E-state index contributed by atoms with van der Waals surface area (Å²) < 4.78 is 6.77. The highest BCUT2D eigenvalue weighted by Gasteiger charge is 2.18. The Kier molecular flexibility index (Phi) is 4.85. The maximum Gasteiger partial charge on any atom is 0.281 e. The quantitative estimate of drug-likeness (QED) is 0.559. The number of carbonyl (C=O) groups excluding carboxylic acids is 1. The number of amides is 1. The van der Waals surface area contributed by atoms with Crippen molar-refractivity contribution in [3.05, 3.63) is 69.3 Å². The summed E-state index contributed by atoms with van der Waals surface area (Å²) in [6.45, 7) is 1.90. The molecule has 0 aliphatic rings. The third kappa shape index (κ3) is 3.62. The Hall–Kier alpha value is -3.52. The lowest BCUT2D eigenvalue weighted by Gasteiger charge is -2.08. The van der Waals surface area contributed by atoms with Crippen LogP contribution in [0.4, 0.5) is 5.13 Å². The second kappa shape index (κ2) is 7.48. The van der Waals surface area contributed by atoms with E-state index in [4.69, 9.17) is 4.74 Å². The lowest BCUT2D eigenvalue weighted by Crippen LogP contribution is -2.26. The minimum absolute atomic E-state index is 0.163. The molecule has 0 spiro atoms. The first-order valence-corrected chi connectivity index (χ1v) is 9.73. The molecule has 0 bridgehead atoms. The van der Waals surface area contributed by atoms with Gasteiger partial charge in [0.05, 0.1) is 23.7 Å². The normalized spacial score (nSPS) is 10.9. The number of hydrogen-bond donors (Lipinski definition) is 1. The topological polar surface area (TPSA) is 86.1 Å². The van der Waals surface area contributed by atoms with E-state index in [2.05, 4.69) is 15.4 Å². The van der Waals surface area contributed by atoms with Crippen LogP contribution in [0.2, 0.25) is 0 Å². The summed E-state index contributed by atoms with van der Waals surface area (Å²) >= 11 is 1.28. The Labute approximate surface area is 170 Å². The number of hydrogen-bond acceptors (Lipinski definition) is 6. The van der Waals surface area contributed by atoms with Gasteiger partial charge < -0.3 is 4.74 Å². The molecule has 4 aromatic rings. The number of ether oxygens (including phenoxy) is 1. The molecule has 0 radical (unpaired) electrons. The van der Waals surface area contributed by atoms with Crippen LogP contribution in [0, 0.1) is 6.92 Å². The highest BCUT2D eigenvalue weighted by molar-refractivity contribution is 7.14. The number of nitrogens with one attached hydrogen (secondary N) is 1. The summed E-state index contributed by atoms with van der Waals surface area (Å²) in [5.41, 5.74) is 2.63. The highest BCUT2D eigenvalue weighted by Crippen LogP contribution is 2.27. The van der Waals surface area contributed by atoms with Gasteiger partial charge >= 0.3 is 0 Å². The number of fused-ring (bicyclic) bond motifs is 1. The molecule has 2 heterocycles. The van der Waals surface area contributed by atoms with Crippen molar-refractivity contribution in [3.8, 4) is 17.0 Å². The van der Waals surface area contributed by atoms with Crippen LogP contribution in [0.15, 0.2) is 52.6 Å². The van der Waals surface area contributed by atoms with Gasteiger partial charge in [0.15, 0.2) is 10.8 Å². The van der Waals surface area contributed by atoms with Crippen LogP contribution in [0.5, 0.6) is 5.75 Å². The summed E-state index contributed by atoms with van der Waals surface area (Å²) in [4.78, 5) is 30.0. The molecule has 146 valence electrons. The fourth-order valence-electron chi connectivity index (χ4n) is 3.04. The molecule has 29 heavy (non-hydrogen) atoms. The predicted octanol–water partition coefficient (Wildman–Crippen LogP) is 3.63. The van der Waals surface area contributed by atoms with E-state index < -0.39 is 11.3 Å². The van der Waals surface area contributed by atoms with Crippen LogP contribution >= 0.6 is 11.3 Å². The summed E-state index contributed by atoms with van der Waals surface area (Å²) in [5, 5.41) is 9.54. The molecule has 8 heteroatoms. The number of aromatic nitrogens is 3. The second-order valence-electron chi connectivity index (χ2n) is 6.55. The van der Waals surface area contributed by atoms with E-state index in [0.29, 0.717) is 21.7 Å². The summed E-state index contributed by atoms with van der Waals surface area (Å²) in [6.07, 6.45) is 0. The van der Waals surface area contributed by atoms with Crippen LogP contribution in [0.3, 0.4) is 0 Å². The predicted molar refractivity (Wildman–Crippen MR) is 114 cm³/mol. The maximum absolute atomic E-state index is 12.8. The van der Waals surface area contributed by atoms with E-state index in [1.807, 2.05) is 48.7 Å². The SMILES string of the molecule is COc1cccc(-c2csc(NC(=O)c3nn(C)c4ccc(C)cc4c3=O)n2)c1. The molecule has 1 amide bonds. The zero-order valence-corrected chi connectivity index (χ0v) is 16.9. The molecule has 0 aliphatic heterocycles. The maximum atomic E-state index is 12.8. The van der Waals surface area contributed by atoms with Crippen LogP contribution in [0.1, 0.15) is 16.1 Å². The van der Waals surface area contributed by atoms with Crippen LogP contribution < -0.4 is 15.5 Å². The summed E-state index contributed by atoms with van der Waals surface area (Å²) in [6, 6.07) is 13.0. The minimum Gasteiger partial charge on any atom is -0.497 e. The van der Waals surface area contributed by atoms with Crippen molar-refractivity contribution in [2.75, 3.05) is 12.4 Å². The number of aryl methyl sites for hydroxylation is 2. The molecule has 1 N–H and O–H groups in total. The molecule has 0 unspecified atom stereocenters. The van der Waals surface area contributed by atoms with Gasteiger partial charge in [0.25, 0.3) is 5.91 Å². The van der Waals surface area contributed by atoms with Gasteiger partial charge in [0, 0.05) is 18.0 Å². The van der Waals surface area contributed by atoms with Gasteiger partial charge in [-0.25, -0.2) is 4.98 Å². The summed E-state index contributed by atoms with van der Waals surface area (Å²) in [5.74, 6) is 0.140. The Morgan fingerprint density at radius 3 is 2.83 bits per heavy atom. The van der Waals surface area contributed by atoms with Gasteiger partial charge in [0.2, 0.25) is 5.43 Å². The standard InChI is InChI=1S/C21H18N4O3S/c1-12-7-8-17-15(9-12)19(26)18(24-25(17)2)20(27)23-21-22-16(11-29-21)13-5-4-6-14(10-13)28-3/h4-11H,1-3H3,(H,22,23,27). The van der Waals surface area contributed by atoms with Crippen molar-refractivity contribution in [2.24, 2.45) is 7.05 Å². The first-order chi connectivity index (χ1) is 14.0. The Morgan fingerprint density at radius 1 is 1.21 bits per heavy atom. The zero-order valence-electron chi connectivity index (χ0n) is 16.1. The monoisotopic (exact) mass is 406 g/mol. The lowest BCUT2D eigenvalue weighted by atomic mass is 10.1. The van der Waals surface area contributed by atoms with Crippen LogP contribution in [-0.2, 0) is 7.05 Å². The number of nitrogens with zero attached hydrogens (tertiary/aromatic N) is 3. The zero-order chi connectivity index (χ0) is 20.5. The molecule has 0 saturated heterocycles. The first-order valence-electron chi connectivity index (χ1n) is 8.85. The third-order valence-electron chi connectivity index (χ3n) is 4.52. The van der Waals surface area contributed by atoms with Crippen molar-refractivity contribution >= 4 is 33.3 Å². The fourth-order valence-corrected chi connectivity index (χ4v) is 3.76. The molecule has 2 aromatic heterocycles. The van der Waals surface area contributed by atoms with E-state index in [0.717, 1.165) is 16.9 Å². The van der Waals surface area contributed by atoms with Crippen LogP contribution in [-0.4, -0.2) is 27.8 Å². The molecule has 2 aromatic carbocycles. The Balaban J connectivity index is 1.64. The average molecular weight is 406 g/mol. The third-order valence-corrected chi connectivity index (χ3v) is 5.27. The largest absolute Gasteiger partial charge is 0.497 e. The number of carbonyl (C=O) groups is 1. The van der Waals surface area contributed by atoms with Gasteiger partial charge in [-0.2, -0.15) is 5.10 Å². The molecular formula is C21H18N4O3S. The van der Waals surface area contributed by atoms with Crippen LogP contribution in [0.25, 0.3) is 22.2 Å². The van der Waals surface area contributed by atoms with Gasteiger partial charge in [0.1, 0.15) is 5.75 Å². The molecule has 0 atom stereocenters. The van der Waals surface area contributed by atoms with Gasteiger partial charge in [-0.05, 0) is 31.2 Å². The molecule has 0 saturated carbocycles. The van der Waals surface area contributed by atoms with Gasteiger partial charge in [-0.3, -0.25) is 19.6 Å². The Bertz CT molecular complexity index is 1290. The smallest absolute Gasteiger partial charge is 0.281 e. The molecule has 0 fully saturated rings. The first kappa shape index (κ1) is 18.8. The molecular weight excluding hydrogens is 388 g/mol. The molecule has 7 nitrogen and oxygen atoms in total. The number of anilines is 1. The van der Waals surface area contributed by atoms with E-state index in [1.54, 1.807) is 20.2 Å². The van der Waals surface area contributed by atoms with Gasteiger partial charge in [-0.1, -0.05) is 23.8 Å². The van der Waals surface area contributed by atoms with Crippen molar-refractivity contribution in [1.29, 1.82) is 0 Å². The van der Waals surface area contributed by atoms with Crippen molar-refractivity contribution in [1.82, 2.24) is 14.8 Å². The van der Waals surface area contributed by atoms with Crippen molar-refractivity contribution in [2.45, 2.75) is 6.92 Å². The van der Waals surface area contributed by atoms with Crippen molar-refractivity contribution in [3.63, 3.8) is 0 Å². The number of methoxy groups -OCH3 is 1. The molecule has 4 rings (SSSR count). The van der Waals surface area contributed by atoms with E-state index in [-0.39, 0.29) is 5.69 Å². The van der Waals surface area contributed by atoms with E-state index in [9.17, 15) is 9.59 Å². The number of thiazole rings is 1. The number of rotatable bonds is 4. The number of benzene rings is 2. The lowest BCUT2D eigenvalue weighted by molar-refractivity contribution is 0.101. The minimum atomic E-state index is -0.583. The fraction of sp³-hybridized carbons (Fsp3) is 0.143.